The zero-order valence-corrected chi connectivity index (χ0v) is 22.6. The third kappa shape index (κ3) is 6.57. The molecule has 0 spiro atoms. The fourth-order valence-electron chi connectivity index (χ4n) is 4.01. The number of aryl methyl sites for hydroxylation is 1. The van der Waals surface area contributed by atoms with Gasteiger partial charge in [-0.05, 0) is 60.5 Å². The molecule has 2 amide bonds. The molecule has 40 heavy (non-hydrogen) atoms. The summed E-state index contributed by atoms with van der Waals surface area (Å²) < 4.78 is 15.9. The maximum absolute atomic E-state index is 12.8. The molecule has 0 saturated carbocycles. The van der Waals surface area contributed by atoms with Crippen LogP contribution in [0.2, 0.25) is 0 Å². The van der Waals surface area contributed by atoms with Crippen LogP contribution in [-0.4, -0.2) is 39.1 Å². The Labute approximate surface area is 232 Å². The third-order valence-electron chi connectivity index (χ3n) is 6.09. The Kier molecular flexibility index (Phi) is 8.65. The van der Waals surface area contributed by atoms with E-state index < -0.39 is 5.91 Å². The van der Waals surface area contributed by atoms with Crippen molar-refractivity contribution >= 4 is 29.1 Å². The van der Waals surface area contributed by atoms with E-state index in [1.807, 2.05) is 31.2 Å². The molecule has 0 aliphatic heterocycles. The molecule has 0 unspecified atom stereocenters. The average Bonchev–Trinajstić information content (AvgIpc) is 2.96. The van der Waals surface area contributed by atoms with E-state index in [-0.39, 0.29) is 17.4 Å². The first kappa shape index (κ1) is 27.7. The Hall–Kier alpha value is -5.31. The minimum atomic E-state index is -0.546. The summed E-state index contributed by atoms with van der Waals surface area (Å²) in [5.41, 5.74) is 5.05. The number of hydrogen-bond acceptors (Lipinski definition) is 6. The topological polar surface area (TPSA) is 122 Å². The van der Waals surface area contributed by atoms with E-state index >= 15 is 0 Å². The van der Waals surface area contributed by atoms with E-state index in [2.05, 4.69) is 28.1 Å². The Morgan fingerprint density at radius 2 is 1.20 bits per heavy atom. The lowest BCUT2D eigenvalue weighted by Gasteiger charge is -2.15. The Bertz CT molecular complexity index is 1510. The molecule has 4 aromatic carbocycles. The van der Waals surface area contributed by atoms with Crippen molar-refractivity contribution in [2.24, 2.45) is 0 Å². The van der Waals surface area contributed by atoms with Crippen LogP contribution in [0, 0.1) is 12.3 Å². The van der Waals surface area contributed by atoms with Gasteiger partial charge in [-0.15, -0.1) is 0 Å². The number of rotatable bonds is 8. The van der Waals surface area contributed by atoms with Crippen LogP contribution in [0.5, 0.6) is 17.2 Å². The average molecular weight is 539 g/mol. The molecule has 204 valence electrons. The second-order valence-electron chi connectivity index (χ2n) is 8.85. The molecule has 4 rings (SSSR count). The quantitative estimate of drug-likeness (QED) is 0.168. The highest BCUT2D eigenvalue weighted by Gasteiger charge is 2.18. The lowest BCUT2D eigenvalue weighted by atomic mass is 10.0. The summed E-state index contributed by atoms with van der Waals surface area (Å²) in [4.78, 5) is 25.6. The summed E-state index contributed by atoms with van der Waals surface area (Å²) in [6, 6.07) is 25.4. The van der Waals surface area contributed by atoms with Gasteiger partial charge in [0.05, 0.1) is 21.3 Å². The van der Waals surface area contributed by atoms with Crippen LogP contribution >= 0.6 is 0 Å². The Morgan fingerprint density at radius 3 is 1.75 bits per heavy atom. The van der Waals surface area contributed by atoms with E-state index in [0.717, 1.165) is 11.1 Å². The van der Waals surface area contributed by atoms with Gasteiger partial charge >= 0.3 is 0 Å². The third-order valence-corrected chi connectivity index (χ3v) is 6.09. The second kappa shape index (κ2) is 12.5. The van der Waals surface area contributed by atoms with Crippen molar-refractivity contribution in [1.29, 1.82) is 5.41 Å². The van der Waals surface area contributed by atoms with Gasteiger partial charge in [0.1, 0.15) is 0 Å². The number of hydrogen-bond donors (Lipinski definition) is 4. The zero-order chi connectivity index (χ0) is 28.6. The van der Waals surface area contributed by atoms with Crippen molar-refractivity contribution in [1.82, 2.24) is 5.32 Å². The maximum Gasteiger partial charge on any atom is 0.258 e. The van der Waals surface area contributed by atoms with E-state index in [1.54, 1.807) is 36.4 Å². The van der Waals surface area contributed by atoms with Crippen molar-refractivity contribution in [2.75, 3.05) is 32.0 Å². The van der Waals surface area contributed by atoms with Crippen molar-refractivity contribution in [2.45, 2.75) is 6.92 Å². The molecular weight excluding hydrogens is 508 g/mol. The van der Waals surface area contributed by atoms with Gasteiger partial charge in [0.25, 0.3) is 11.8 Å². The van der Waals surface area contributed by atoms with Gasteiger partial charge < -0.3 is 24.8 Å². The molecule has 9 heteroatoms. The molecule has 0 fully saturated rings. The van der Waals surface area contributed by atoms with E-state index in [0.29, 0.717) is 34.2 Å². The highest BCUT2D eigenvalue weighted by atomic mass is 16.5. The summed E-state index contributed by atoms with van der Waals surface area (Å²) in [6.07, 6.45) is 0. The summed E-state index contributed by atoms with van der Waals surface area (Å²) in [7, 11) is 4.38. The molecule has 0 aliphatic carbocycles. The van der Waals surface area contributed by atoms with Crippen LogP contribution in [0.1, 0.15) is 26.3 Å². The van der Waals surface area contributed by atoms with E-state index in [9.17, 15) is 9.59 Å². The zero-order valence-electron chi connectivity index (χ0n) is 22.6. The van der Waals surface area contributed by atoms with Gasteiger partial charge in [-0.2, -0.15) is 0 Å². The largest absolute Gasteiger partial charge is 0.493 e. The molecule has 4 aromatic rings. The number of methoxy groups -OCH3 is 3. The monoisotopic (exact) mass is 538 g/mol. The van der Waals surface area contributed by atoms with E-state index in [1.165, 1.54) is 39.0 Å². The number of carbonyl (C=O) groups excluding carboxylic acids is 2. The first-order valence-electron chi connectivity index (χ1n) is 12.4. The maximum atomic E-state index is 12.8. The molecule has 0 aromatic heterocycles. The lowest BCUT2D eigenvalue weighted by molar-refractivity contribution is 0.0974. The van der Waals surface area contributed by atoms with Gasteiger partial charge in [0, 0.05) is 22.5 Å². The number of carbonyl (C=O) groups is 2. The molecule has 0 aliphatic rings. The smallest absolute Gasteiger partial charge is 0.258 e. The van der Waals surface area contributed by atoms with Gasteiger partial charge in [-0.1, -0.05) is 48.0 Å². The first-order valence-corrected chi connectivity index (χ1v) is 12.4. The van der Waals surface area contributed by atoms with Gasteiger partial charge in [0.2, 0.25) is 5.75 Å². The first-order chi connectivity index (χ1) is 19.3. The molecule has 0 bridgehead atoms. The number of amides is 2. The summed E-state index contributed by atoms with van der Waals surface area (Å²) >= 11 is 0. The highest BCUT2D eigenvalue weighted by Crippen LogP contribution is 2.38. The van der Waals surface area contributed by atoms with Crippen molar-refractivity contribution in [3.63, 3.8) is 0 Å². The summed E-state index contributed by atoms with van der Waals surface area (Å²) in [5, 5.41) is 16.4. The fourth-order valence-corrected chi connectivity index (χ4v) is 4.01. The van der Waals surface area contributed by atoms with Crippen LogP contribution in [0.3, 0.4) is 0 Å². The standard InChI is InChI=1S/C31H30N4O5/c1-19-8-10-20(11-9-19)21-12-14-22(15-13-21)29(36)33-24-6-5-7-25(18-24)34-31(32)35-30(37)23-16-26(38-2)28(40-4)27(17-23)39-3/h5-18H,1-4H3,(H,33,36)(H3,32,34,35,37). The summed E-state index contributed by atoms with van der Waals surface area (Å²) in [5.74, 6) is -0.0714. The fraction of sp³-hybridized carbons (Fsp3) is 0.129. The van der Waals surface area contributed by atoms with Gasteiger partial charge in [0.15, 0.2) is 17.5 Å². The molecule has 0 atom stereocenters. The number of ether oxygens (including phenoxy) is 3. The van der Waals surface area contributed by atoms with Crippen LogP contribution < -0.4 is 30.2 Å². The van der Waals surface area contributed by atoms with Crippen LogP contribution in [0.25, 0.3) is 11.1 Å². The number of benzene rings is 4. The predicted molar refractivity (Wildman–Crippen MR) is 156 cm³/mol. The summed E-state index contributed by atoms with van der Waals surface area (Å²) in [6.45, 7) is 2.04. The van der Waals surface area contributed by atoms with E-state index in [4.69, 9.17) is 19.6 Å². The predicted octanol–water partition coefficient (Wildman–Crippen LogP) is 5.72. The van der Waals surface area contributed by atoms with Crippen LogP contribution in [0.4, 0.5) is 11.4 Å². The molecule has 9 nitrogen and oxygen atoms in total. The van der Waals surface area contributed by atoms with Gasteiger partial charge in [-0.3, -0.25) is 20.3 Å². The molecule has 4 N–H and O–H groups in total. The minimum absolute atomic E-state index is 0.218. The minimum Gasteiger partial charge on any atom is -0.493 e. The Balaban J connectivity index is 1.38. The van der Waals surface area contributed by atoms with Crippen molar-refractivity contribution < 1.29 is 23.8 Å². The van der Waals surface area contributed by atoms with Crippen LogP contribution in [-0.2, 0) is 0 Å². The molecule has 0 saturated heterocycles. The number of nitrogens with one attached hydrogen (secondary N) is 4. The highest BCUT2D eigenvalue weighted by molar-refractivity contribution is 6.09. The van der Waals surface area contributed by atoms with Crippen molar-refractivity contribution in [3.05, 3.63) is 102 Å². The molecule has 0 radical (unpaired) electrons. The van der Waals surface area contributed by atoms with Crippen LogP contribution in [0.15, 0.2) is 84.9 Å². The SMILES string of the molecule is COc1cc(C(=O)NC(=N)Nc2cccc(NC(=O)c3ccc(-c4ccc(C)cc4)cc3)c2)cc(OC)c1OC. The lowest BCUT2D eigenvalue weighted by Crippen LogP contribution is -2.35. The van der Waals surface area contributed by atoms with Gasteiger partial charge in [-0.25, -0.2) is 0 Å². The van der Waals surface area contributed by atoms with Crippen molar-refractivity contribution in [3.8, 4) is 28.4 Å². The molecular formula is C31H30N4O5. The number of anilines is 2. The normalized spacial score (nSPS) is 10.3. The molecule has 0 heterocycles. The Morgan fingerprint density at radius 1 is 0.650 bits per heavy atom. The number of guanidine groups is 1. The second-order valence-corrected chi connectivity index (χ2v) is 8.85.